The summed E-state index contributed by atoms with van der Waals surface area (Å²) in [7, 11) is 0. The van der Waals surface area contributed by atoms with Gasteiger partial charge in [-0.3, -0.25) is 0 Å². The molecule has 0 atom stereocenters. The first-order chi connectivity index (χ1) is 8.74. The third-order valence-corrected chi connectivity index (χ3v) is 2.54. The summed E-state index contributed by atoms with van der Waals surface area (Å²) >= 11 is 0. The van der Waals surface area contributed by atoms with Gasteiger partial charge in [0.05, 0.1) is 6.61 Å². The van der Waals surface area contributed by atoms with E-state index < -0.39 is 5.97 Å². The van der Waals surface area contributed by atoms with Crippen LogP contribution in [-0.4, -0.2) is 17.7 Å². The molecular weight excluding hydrogens is 228 g/mol. The Kier molecular flexibility index (Phi) is 6.62. The largest absolute Gasteiger partial charge is 0.502 e. The second-order valence-corrected chi connectivity index (χ2v) is 4.14. The van der Waals surface area contributed by atoms with Crippen LogP contribution < -0.4 is 0 Å². The smallest absolute Gasteiger partial charge is 0.373 e. The second kappa shape index (κ2) is 8.34. The van der Waals surface area contributed by atoms with E-state index in [1.807, 2.05) is 30.3 Å². The van der Waals surface area contributed by atoms with Gasteiger partial charge in [-0.1, -0.05) is 56.5 Å². The maximum atomic E-state index is 11.4. The second-order valence-electron chi connectivity index (χ2n) is 4.14. The van der Waals surface area contributed by atoms with Gasteiger partial charge in [0.1, 0.15) is 0 Å². The van der Waals surface area contributed by atoms with Gasteiger partial charge in [-0.05, 0) is 18.1 Å². The van der Waals surface area contributed by atoms with Crippen LogP contribution in [0.2, 0.25) is 0 Å². The quantitative estimate of drug-likeness (QED) is 0.346. The highest BCUT2D eigenvalue weighted by Crippen LogP contribution is 2.06. The zero-order valence-corrected chi connectivity index (χ0v) is 10.8. The van der Waals surface area contributed by atoms with Crippen LogP contribution in [0.5, 0.6) is 0 Å². The van der Waals surface area contributed by atoms with Crippen LogP contribution in [0.15, 0.2) is 36.1 Å². The number of hydrogen-bond acceptors (Lipinski definition) is 3. The number of hydrogen-bond donors (Lipinski definition) is 1. The number of carbonyl (C=O) groups is 1. The molecule has 0 aromatic heterocycles. The van der Waals surface area contributed by atoms with Crippen molar-refractivity contribution in [2.45, 2.75) is 32.6 Å². The van der Waals surface area contributed by atoms with Crippen molar-refractivity contribution in [1.82, 2.24) is 0 Å². The van der Waals surface area contributed by atoms with E-state index in [4.69, 9.17) is 4.74 Å². The lowest BCUT2D eigenvalue weighted by Crippen LogP contribution is -2.08. The fourth-order valence-corrected chi connectivity index (χ4v) is 1.53. The minimum atomic E-state index is -0.657. The van der Waals surface area contributed by atoms with Gasteiger partial charge < -0.3 is 9.84 Å². The summed E-state index contributed by atoms with van der Waals surface area (Å²) in [6.07, 6.45) is 5.59. The van der Waals surface area contributed by atoms with Crippen molar-refractivity contribution < 1.29 is 14.6 Å². The van der Waals surface area contributed by atoms with Crippen molar-refractivity contribution in [2.75, 3.05) is 6.61 Å². The molecule has 0 saturated heterocycles. The van der Waals surface area contributed by atoms with E-state index in [-0.39, 0.29) is 5.76 Å². The Hall–Kier alpha value is -1.77. The Morgan fingerprint density at radius 3 is 2.61 bits per heavy atom. The normalized spacial score (nSPS) is 11.3. The monoisotopic (exact) mass is 248 g/mol. The van der Waals surface area contributed by atoms with Gasteiger partial charge in [-0.25, -0.2) is 4.79 Å². The molecule has 0 radical (unpaired) electrons. The summed E-state index contributed by atoms with van der Waals surface area (Å²) in [4.78, 5) is 11.4. The van der Waals surface area contributed by atoms with Gasteiger partial charge >= 0.3 is 5.97 Å². The number of aliphatic hydroxyl groups is 1. The van der Waals surface area contributed by atoms with E-state index >= 15 is 0 Å². The Morgan fingerprint density at radius 2 is 1.94 bits per heavy atom. The van der Waals surface area contributed by atoms with Crippen molar-refractivity contribution in [3.8, 4) is 0 Å². The molecule has 18 heavy (non-hydrogen) atoms. The number of carbonyl (C=O) groups excluding carboxylic acids is 1. The van der Waals surface area contributed by atoms with E-state index in [1.165, 1.54) is 6.08 Å². The molecule has 3 nitrogen and oxygen atoms in total. The van der Waals surface area contributed by atoms with Crippen LogP contribution >= 0.6 is 0 Å². The summed E-state index contributed by atoms with van der Waals surface area (Å²) in [5, 5.41) is 9.56. The molecule has 0 bridgehead atoms. The third kappa shape index (κ3) is 5.53. The third-order valence-electron chi connectivity index (χ3n) is 2.54. The van der Waals surface area contributed by atoms with Gasteiger partial charge in [0.25, 0.3) is 0 Å². The molecule has 0 saturated carbocycles. The lowest BCUT2D eigenvalue weighted by atomic mass is 10.2. The predicted octanol–water partition coefficient (Wildman–Crippen LogP) is 3.71. The summed E-state index contributed by atoms with van der Waals surface area (Å²) in [5.41, 5.74) is 0.776. The highest BCUT2D eigenvalue weighted by Gasteiger charge is 2.08. The van der Waals surface area contributed by atoms with Crippen molar-refractivity contribution in [2.24, 2.45) is 0 Å². The molecule has 0 heterocycles. The number of unbranched alkanes of at least 4 members (excludes halogenated alkanes) is 3. The zero-order valence-electron chi connectivity index (χ0n) is 10.8. The highest BCUT2D eigenvalue weighted by molar-refractivity contribution is 5.90. The molecule has 1 N–H and O–H groups in total. The Balaban J connectivity index is 2.35. The number of benzene rings is 1. The lowest BCUT2D eigenvalue weighted by molar-refractivity contribution is -0.142. The Morgan fingerprint density at radius 1 is 1.22 bits per heavy atom. The van der Waals surface area contributed by atoms with Crippen LogP contribution in [0.25, 0.3) is 6.08 Å². The van der Waals surface area contributed by atoms with Gasteiger partial charge in [0, 0.05) is 0 Å². The summed E-state index contributed by atoms with van der Waals surface area (Å²) < 4.78 is 4.97. The average molecular weight is 248 g/mol. The molecule has 1 rings (SSSR count). The summed E-state index contributed by atoms with van der Waals surface area (Å²) in [5.74, 6) is -1.01. The first kappa shape index (κ1) is 14.3. The average Bonchev–Trinajstić information content (AvgIpc) is 2.39. The van der Waals surface area contributed by atoms with Gasteiger partial charge in [0.2, 0.25) is 5.76 Å². The molecule has 0 fully saturated rings. The molecule has 0 unspecified atom stereocenters. The van der Waals surface area contributed by atoms with Crippen LogP contribution in [0, 0.1) is 0 Å². The molecular formula is C15H20O3. The number of esters is 1. The van der Waals surface area contributed by atoms with Crippen LogP contribution in [0.3, 0.4) is 0 Å². The molecule has 3 heteroatoms. The molecule has 98 valence electrons. The minimum absolute atomic E-state index is 0.350. The molecule has 0 amide bonds. The zero-order chi connectivity index (χ0) is 13.2. The minimum Gasteiger partial charge on any atom is -0.502 e. The van der Waals surface area contributed by atoms with E-state index in [0.717, 1.165) is 31.2 Å². The molecule has 0 spiro atoms. The lowest BCUT2D eigenvalue weighted by Gasteiger charge is -2.03. The standard InChI is InChI=1S/C15H20O3/c1-2-3-4-8-11-18-15(17)14(16)12-13-9-6-5-7-10-13/h5-7,9-10,12,16H,2-4,8,11H2,1H3. The SMILES string of the molecule is CCCCCCOC(=O)C(O)=Cc1ccccc1. The van der Waals surface area contributed by atoms with Gasteiger partial charge in [-0.15, -0.1) is 0 Å². The molecule has 1 aromatic carbocycles. The molecule has 0 aliphatic rings. The Labute approximate surface area is 108 Å². The van der Waals surface area contributed by atoms with E-state index in [1.54, 1.807) is 0 Å². The van der Waals surface area contributed by atoms with Crippen LogP contribution in [0.4, 0.5) is 0 Å². The van der Waals surface area contributed by atoms with Gasteiger partial charge in [-0.2, -0.15) is 0 Å². The molecule has 0 aliphatic carbocycles. The number of aliphatic hydroxyl groups excluding tert-OH is 1. The summed E-state index contributed by atoms with van der Waals surface area (Å²) in [6, 6.07) is 9.18. The van der Waals surface area contributed by atoms with Crippen LogP contribution in [-0.2, 0) is 9.53 Å². The molecule has 1 aromatic rings. The van der Waals surface area contributed by atoms with Crippen molar-refractivity contribution in [3.63, 3.8) is 0 Å². The number of ether oxygens (including phenoxy) is 1. The van der Waals surface area contributed by atoms with E-state index in [9.17, 15) is 9.90 Å². The summed E-state index contributed by atoms with van der Waals surface area (Å²) in [6.45, 7) is 2.49. The van der Waals surface area contributed by atoms with Crippen molar-refractivity contribution in [1.29, 1.82) is 0 Å². The van der Waals surface area contributed by atoms with Crippen molar-refractivity contribution >= 4 is 12.0 Å². The van der Waals surface area contributed by atoms with Crippen molar-refractivity contribution in [3.05, 3.63) is 41.7 Å². The predicted molar refractivity (Wildman–Crippen MR) is 72.1 cm³/mol. The number of rotatable bonds is 7. The fraction of sp³-hybridized carbons (Fsp3) is 0.400. The first-order valence-corrected chi connectivity index (χ1v) is 6.37. The van der Waals surface area contributed by atoms with E-state index in [2.05, 4.69) is 6.92 Å². The van der Waals surface area contributed by atoms with Gasteiger partial charge in [0.15, 0.2) is 0 Å². The fourth-order valence-electron chi connectivity index (χ4n) is 1.53. The Bertz CT molecular complexity index is 382. The van der Waals surface area contributed by atoms with E-state index in [0.29, 0.717) is 6.61 Å². The highest BCUT2D eigenvalue weighted by atomic mass is 16.5. The maximum Gasteiger partial charge on any atom is 0.373 e. The topological polar surface area (TPSA) is 46.5 Å². The van der Waals surface area contributed by atoms with Crippen LogP contribution in [0.1, 0.15) is 38.2 Å². The first-order valence-electron chi connectivity index (χ1n) is 6.37. The molecule has 0 aliphatic heterocycles. The maximum absolute atomic E-state index is 11.4.